The van der Waals surface area contributed by atoms with Crippen molar-refractivity contribution >= 4 is 11.6 Å². The number of nitrogens with one attached hydrogen (secondary N) is 4. The van der Waals surface area contributed by atoms with E-state index in [1.54, 1.807) is 18.2 Å². The third-order valence-corrected chi connectivity index (χ3v) is 4.45. The van der Waals surface area contributed by atoms with E-state index in [1.807, 2.05) is 18.2 Å². The average molecular weight is 312 g/mol. The first kappa shape index (κ1) is 14.2. The Bertz CT molecular complexity index is 734. The molecule has 0 aromatic heterocycles. The smallest absolute Gasteiger partial charge is 0.254 e. The second-order valence-corrected chi connectivity index (χ2v) is 5.86. The number of hydrazine groups is 1. The van der Waals surface area contributed by atoms with Crippen LogP contribution in [0.1, 0.15) is 22.0 Å². The normalized spacial score (nSPS) is 26.3. The van der Waals surface area contributed by atoms with Crippen LogP contribution in [0.25, 0.3) is 0 Å². The van der Waals surface area contributed by atoms with Gasteiger partial charge in [0.1, 0.15) is 12.0 Å². The predicted octanol–water partition coefficient (Wildman–Crippen LogP) is 1.77. The van der Waals surface area contributed by atoms with Gasteiger partial charge in [0.15, 0.2) is 0 Å². The lowest BCUT2D eigenvalue weighted by molar-refractivity contribution is 0.0921. The van der Waals surface area contributed by atoms with Crippen molar-refractivity contribution in [1.29, 1.82) is 0 Å². The summed E-state index contributed by atoms with van der Waals surface area (Å²) in [5, 5.41) is 6.42. The summed E-state index contributed by atoms with van der Waals surface area (Å²) in [6.45, 7) is 0.697. The Morgan fingerprint density at radius 2 is 1.78 bits per heavy atom. The summed E-state index contributed by atoms with van der Waals surface area (Å²) in [6, 6.07) is 13.9. The summed E-state index contributed by atoms with van der Waals surface area (Å²) in [4.78, 5) is 12.3. The maximum absolute atomic E-state index is 13.1. The van der Waals surface area contributed by atoms with Crippen molar-refractivity contribution in [3.63, 3.8) is 0 Å². The van der Waals surface area contributed by atoms with Crippen LogP contribution in [0.15, 0.2) is 48.5 Å². The monoisotopic (exact) mass is 312 g/mol. The molecular weight excluding hydrogens is 295 g/mol. The highest BCUT2D eigenvalue weighted by Crippen LogP contribution is 2.31. The molecular formula is C17H17FN4O. The zero-order valence-electron chi connectivity index (χ0n) is 12.3. The van der Waals surface area contributed by atoms with Crippen molar-refractivity contribution in [1.82, 2.24) is 16.2 Å². The molecule has 0 bridgehead atoms. The molecule has 0 radical (unpaired) electrons. The molecule has 6 heteroatoms. The summed E-state index contributed by atoms with van der Waals surface area (Å²) in [5.41, 5.74) is 8.83. The predicted molar refractivity (Wildman–Crippen MR) is 85.1 cm³/mol. The summed E-state index contributed by atoms with van der Waals surface area (Å²) in [6.07, 6.45) is -0.199. The van der Waals surface area contributed by atoms with Crippen LogP contribution in [0.4, 0.5) is 10.1 Å². The number of benzene rings is 2. The highest BCUT2D eigenvalue weighted by molar-refractivity contribution is 6.01. The van der Waals surface area contributed by atoms with Crippen LogP contribution < -0.4 is 21.5 Å². The maximum atomic E-state index is 13.1. The zero-order chi connectivity index (χ0) is 15.8. The first-order chi connectivity index (χ1) is 11.2. The van der Waals surface area contributed by atoms with Gasteiger partial charge in [-0.25, -0.2) is 9.82 Å². The Balaban J connectivity index is 1.60. The molecule has 2 heterocycles. The summed E-state index contributed by atoms with van der Waals surface area (Å²) in [7, 11) is 0. The Morgan fingerprint density at radius 1 is 1.00 bits per heavy atom. The van der Waals surface area contributed by atoms with Gasteiger partial charge < -0.3 is 10.6 Å². The minimum Gasteiger partial charge on any atom is -0.364 e. The molecule has 0 aliphatic carbocycles. The first-order valence-corrected chi connectivity index (χ1v) is 7.62. The molecule has 1 fully saturated rings. The molecule has 2 aromatic carbocycles. The number of carbonyl (C=O) groups excluding carboxylic acids is 1. The van der Waals surface area contributed by atoms with E-state index in [4.69, 9.17) is 0 Å². The fraction of sp³-hybridized carbons (Fsp3) is 0.235. The molecule has 23 heavy (non-hydrogen) atoms. The van der Waals surface area contributed by atoms with E-state index in [9.17, 15) is 9.18 Å². The van der Waals surface area contributed by atoms with E-state index in [2.05, 4.69) is 21.5 Å². The molecule has 5 nitrogen and oxygen atoms in total. The number of halogens is 1. The number of hydrogen-bond donors (Lipinski definition) is 4. The van der Waals surface area contributed by atoms with Crippen molar-refractivity contribution in [2.45, 2.75) is 12.2 Å². The zero-order valence-corrected chi connectivity index (χ0v) is 12.3. The number of carbonyl (C=O) groups is 1. The van der Waals surface area contributed by atoms with Crippen molar-refractivity contribution in [2.75, 3.05) is 11.9 Å². The molecule has 4 N–H and O–H groups in total. The summed E-state index contributed by atoms with van der Waals surface area (Å²) < 4.78 is 13.1. The number of para-hydroxylation sites is 1. The molecule has 3 unspecified atom stereocenters. The van der Waals surface area contributed by atoms with Gasteiger partial charge in [-0.3, -0.25) is 10.2 Å². The van der Waals surface area contributed by atoms with Crippen molar-refractivity contribution in [2.24, 2.45) is 5.92 Å². The molecule has 118 valence electrons. The fourth-order valence-electron chi connectivity index (χ4n) is 3.27. The lowest BCUT2D eigenvalue weighted by Crippen LogP contribution is -2.51. The second kappa shape index (κ2) is 5.64. The molecule has 2 aliphatic heterocycles. The standard InChI is InChI=1S/C17H17FN4O/c18-11-7-5-10(6-8-11)15-13(9-19-22-15)16-20-14-4-2-1-3-12(14)17(23)21-16/h1-8,13,15-16,19-20,22H,9H2,(H,21,23). The Kier molecular flexibility index (Phi) is 3.48. The quantitative estimate of drug-likeness (QED) is 0.682. The van der Waals surface area contributed by atoms with E-state index in [0.717, 1.165) is 11.3 Å². The number of fused-ring (bicyclic) bond motifs is 1. The minimum atomic E-state index is -0.255. The lowest BCUT2D eigenvalue weighted by atomic mass is 9.90. The second-order valence-electron chi connectivity index (χ2n) is 5.86. The van der Waals surface area contributed by atoms with Gasteiger partial charge in [0.25, 0.3) is 5.91 Å². The molecule has 3 atom stereocenters. The molecule has 0 saturated carbocycles. The number of hydrogen-bond acceptors (Lipinski definition) is 4. The van der Waals surface area contributed by atoms with Crippen molar-refractivity contribution < 1.29 is 9.18 Å². The van der Waals surface area contributed by atoms with E-state index >= 15 is 0 Å². The van der Waals surface area contributed by atoms with Crippen LogP contribution in [-0.2, 0) is 0 Å². The molecule has 2 aliphatic rings. The fourth-order valence-corrected chi connectivity index (χ4v) is 3.27. The van der Waals surface area contributed by atoms with Gasteiger partial charge in [-0.15, -0.1) is 0 Å². The van der Waals surface area contributed by atoms with Crippen LogP contribution >= 0.6 is 0 Å². The highest BCUT2D eigenvalue weighted by Gasteiger charge is 2.38. The maximum Gasteiger partial charge on any atom is 0.254 e. The third-order valence-electron chi connectivity index (χ3n) is 4.45. The van der Waals surface area contributed by atoms with Gasteiger partial charge in [0.05, 0.1) is 11.6 Å². The van der Waals surface area contributed by atoms with Crippen LogP contribution in [0.2, 0.25) is 0 Å². The SMILES string of the molecule is O=C1NC(C2CNNC2c2ccc(F)cc2)Nc2ccccc21. The third kappa shape index (κ3) is 2.56. The van der Waals surface area contributed by atoms with Gasteiger partial charge in [-0.05, 0) is 29.8 Å². The van der Waals surface area contributed by atoms with Gasteiger partial charge in [-0.1, -0.05) is 24.3 Å². The topological polar surface area (TPSA) is 65.2 Å². The average Bonchev–Trinajstić information content (AvgIpc) is 3.05. The number of amides is 1. The lowest BCUT2D eigenvalue weighted by Gasteiger charge is -2.34. The highest BCUT2D eigenvalue weighted by atomic mass is 19.1. The molecule has 1 saturated heterocycles. The van der Waals surface area contributed by atoms with Gasteiger partial charge >= 0.3 is 0 Å². The Labute approximate surface area is 133 Å². The molecule has 0 spiro atoms. The summed E-state index contributed by atoms with van der Waals surface area (Å²) in [5.74, 6) is -0.235. The number of anilines is 1. The van der Waals surface area contributed by atoms with E-state index in [0.29, 0.717) is 12.1 Å². The first-order valence-electron chi connectivity index (χ1n) is 7.62. The van der Waals surface area contributed by atoms with Gasteiger partial charge in [0, 0.05) is 18.2 Å². The van der Waals surface area contributed by atoms with E-state index in [-0.39, 0.29) is 29.8 Å². The summed E-state index contributed by atoms with van der Waals surface area (Å²) >= 11 is 0. The molecule has 1 amide bonds. The van der Waals surface area contributed by atoms with Crippen molar-refractivity contribution in [3.05, 3.63) is 65.5 Å². The van der Waals surface area contributed by atoms with Gasteiger partial charge in [-0.2, -0.15) is 0 Å². The van der Waals surface area contributed by atoms with Crippen LogP contribution in [0.5, 0.6) is 0 Å². The Morgan fingerprint density at radius 3 is 2.61 bits per heavy atom. The Hall–Kier alpha value is -2.44. The molecule has 2 aromatic rings. The van der Waals surface area contributed by atoms with Crippen LogP contribution in [0.3, 0.4) is 0 Å². The largest absolute Gasteiger partial charge is 0.364 e. The van der Waals surface area contributed by atoms with Crippen molar-refractivity contribution in [3.8, 4) is 0 Å². The molecule has 4 rings (SSSR count). The van der Waals surface area contributed by atoms with Crippen LogP contribution in [0, 0.1) is 11.7 Å². The van der Waals surface area contributed by atoms with E-state index < -0.39 is 0 Å². The minimum absolute atomic E-state index is 0.0151. The van der Waals surface area contributed by atoms with Crippen LogP contribution in [-0.4, -0.2) is 18.6 Å². The van der Waals surface area contributed by atoms with E-state index in [1.165, 1.54) is 12.1 Å². The van der Waals surface area contributed by atoms with Gasteiger partial charge in [0.2, 0.25) is 0 Å². The number of rotatable bonds is 2.